The van der Waals surface area contributed by atoms with Crippen molar-refractivity contribution >= 4 is 5.91 Å². The number of carbonyl (C=O) groups excluding carboxylic acids is 1. The molecule has 4 heteroatoms. The Labute approximate surface area is 160 Å². The van der Waals surface area contributed by atoms with Crippen LogP contribution < -0.4 is 10.1 Å². The SMILES string of the molecule is CC.CC(NC(=O)c1ccc2c(c1)COc1cnccc1-2)c1ccccc1. The van der Waals surface area contributed by atoms with Crippen molar-refractivity contribution in [3.63, 3.8) is 0 Å². The average Bonchev–Trinajstić information content (AvgIpc) is 2.75. The van der Waals surface area contributed by atoms with Crippen molar-refractivity contribution in [2.75, 3.05) is 0 Å². The summed E-state index contributed by atoms with van der Waals surface area (Å²) in [6.07, 6.45) is 3.47. The molecule has 1 aliphatic rings. The van der Waals surface area contributed by atoms with Crippen LogP contribution >= 0.6 is 0 Å². The number of fused-ring (bicyclic) bond motifs is 3. The van der Waals surface area contributed by atoms with Gasteiger partial charge in [-0.25, -0.2) is 0 Å². The summed E-state index contributed by atoms with van der Waals surface area (Å²) in [7, 11) is 0. The fraction of sp³-hybridized carbons (Fsp3) is 0.217. The second-order valence-corrected chi connectivity index (χ2v) is 6.14. The van der Waals surface area contributed by atoms with Gasteiger partial charge in [-0.15, -0.1) is 0 Å². The summed E-state index contributed by atoms with van der Waals surface area (Å²) in [6.45, 7) is 6.43. The Balaban J connectivity index is 0.00000102. The van der Waals surface area contributed by atoms with E-state index in [0.717, 1.165) is 28.0 Å². The number of carbonyl (C=O) groups is 1. The number of nitrogens with zero attached hydrogens (tertiary/aromatic N) is 1. The molecule has 0 spiro atoms. The Bertz CT molecular complexity index is 923. The third-order valence-electron chi connectivity index (χ3n) is 4.47. The Morgan fingerprint density at radius 2 is 1.85 bits per heavy atom. The maximum Gasteiger partial charge on any atom is 0.251 e. The molecule has 1 amide bonds. The lowest BCUT2D eigenvalue weighted by molar-refractivity contribution is 0.0939. The summed E-state index contributed by atoms with van der Waals surface area (Å²) >= 11 is 0. The monoisotopic (exact) mass is 360 g/mol. The molecule has 0 fully saturated rings. The molecule has 138 valence electrons. The largest absolute Gasteiger partial charge is 0.487 e. The second kappa shape index (κ2) is 8.49. The Kier molecular flexibility index (Phi) is 5.87. The molecule has 4 nitrogen and oxygen atoms in total. The van der Waals surface area contributed by atoms with Crippen LogP contribution in [-0.4, -0.2) is 10.9 Å². The molecule has 27 heavy (non-hydrogen) atoms. The van der Waals surface area contributed by atoms with E-state index in [1.54, 1.807) is 12.4 Å². The minimum atomic E-state index is -0.0836. The second-order valence-electron chi connectivity index (χ2n) is 6.14. The van der Waals surface area contributed by atoms with Crippen molar-refractivity contribution < 1.29 is 9.53 Å². The smallest absolute Gasteiger partial charge is 0.251 e. The van der Waals surface area contributed by atoms with Gasteiger partial charge in [0, 0.05) is 17.3 Å². The van der Waals surface area contributed by atoms with Gasteiger partial charge in [0.2, 0.25) is 0 Å². The van der Waals surface area contributed by atoms with Gasteiger partial charge in [0.1, 0.15) is 12.4 Å². The molecule has 1 N–H and O–H groups in total. The molecule has 0 radical (unpaired) electrons. The van der Waals surface area contributed by atoms with Crippen molar-refractivity contribution in [2.24, 2.45) is 0 Å². The van der Waals surface area contributed by atoms with Crippen LogP contribution in [0, 0.1) is 0 Å². The number of benzene rings is 2. The summed E-state index contributed by atoms with van der Waals surface area (Å²) < 4.78 is 5.74. The molecule has 1 atom stereocenters. The highest BCUT2D eigenvalue weighted by atomic mass is 16.5. The van der Waals surface area contributed by atoms with E-state index in [1.165, 1.54) is 0 Å². The van der Waals surface area contributed by atoms with Crippen LogP contribution in [0.3, 0.4) is 0 Å². The van der Waals surface area contributed by atoms with E-state index in [-0.39, 0.29) is 11.9 Å². The van der Waals surface area contributed by atoms with E-state index >= 15 is 0 Å². The summed E-state index contributed by atoms with van der Waals surface area (Å²) in [6, 6.07) is 17.6. The van der Waals surface area contributed by atoms with E-state index in [4.69, 9.17) is 4.74 Å². The minimum absolute atomic E-state index is 0.0483. The highest BCUT2D eigenvalue weighted by Crippen LogP contribution is 2.36. The maximum absolute atomic E-state index is 12.6. The Hall–Kier alpha value is -3.14. The number of nitrogens with one attached hydrogen (secondary N) is 1. The zero-order valence-electron chi connectivity index (χ0n) is 15.9. The summed E-state index contributed by atoms with van der Waals surface area (Å²) in [5.41, 5.74) is 4.84. The van der Waals surface area contributed by atoms with E-state index < -0.39 is 0 Å². The zero-order valence-corrected chi connectivity index (χ0v) is 15.9. The topological polar surface area (TPSA) is 51.2 Å². The van der Waals surface area contributed by atoms with Crippen molar-refractivity contribution in [3.05, 3.63) is 83.7 Å². The first kappa shape index (κ1) is 18.6. The lowest BCUT2D eigenvalue weighted by atomic mass is 9.96. The molecular formula is C23H24N2O2. The van der Waals surface area contributed by atoms with Crippen LogP contribution in [-0.2, 0) is 6.61 Å². The molecular weight excluding hydrogens is 336 g/mol. The standard InChI is InChI=1S/C21H18N2O2.C2H6/c1-14(15-5-3-2-4-6-15)23-21(24)16-7-8-18-17(11-16)13-25-20-12-22-10-9-19(18)20;1-2/h2-12,14H,13H2,1H3,(H,23,24);1-2H3. The molecule has 1 unspecified atom stereocenters. The minimum Gasteiger partial charge on any atom is -0.487 e. The van der Waals surface area contributed by atoms with Crippen LogP contribution in [0.5, 0.6) is 5.75 Å². The highest BCUT2D eigenvalue weighted by molar-refractivity contribution is 5.95. The van der Waals surface area contributed by atoms with Crippen LogP contribution in [0.4, 0.5) is 0 Å². The number of ether oxygens (including phenoxy) is 1. The predicted octanol–water partition coefficient (Wildman–Crippen LogP) is 5.16. The lowest BCUT2D eigenvalue weighted by Crippen LogP contribution is -2.26. The average molecular weight is 360 g/mol. The van der Waals surface area contributed by atoms with Crippen LogP contribution in [0.2, 0.25) is 0 Å². The molecule has 2 aromatic carbocycles. The fourth-order valence-electron chi connectivity index (χ4n) is 3.10. The molecule has 0 saturated heterocycles. The van der Waals surface area contributed by atoms with Gasteiger partial charge >= 0.3 is 0 Å². The number of hydrogen-bond donors (Lipinski definition) is 1. The van der Waals surface area contributed by atoms with Gasteiger partial charge in [0.05, 0.1) is 12.2 Å². The predicted molar refractivity (Wildman–Crippen MR) is 108 cm³/mol. The van der Waals surface area contributed by atoms with E-state index in [0.29, 0.717) is 12.2 Å². The first-order valence-electron chi connectivity index (χ1n) is 9.28. The third-order valence-corrected chi connectivity index (χ3v) is 4.47. The van der Waals surface area contributed by atoms with Gasteiger partial charge in [-0.2, -0.15) is 0 Å². The Morgan fingerprint density at radius 1 is 1.07 bits per heavy atom. The lowest BCUT2D eigenvalue weighted by Gasteiger charge is -2.21. The van der Waals surface area contributed by atoms with Crippen LogP contribution in [0.25, 0.3) is 11.1 Å². The van der Waals surface area contributed by atoms with Gasteiger partial charge < -0.3 is 10.1 Å². The first-order chi connectivity index (χ1) is 13.2. The number of hydrogen-bond acceptors (Lipinski definition) is 3. The Morgan fingerprint density at radius 3 is 2.63 bits per heavy atom. The quantitative estimate of drug-likeness (QED) is 0.702. The van der Waals surface area contributed by atoms with Crippen LogP contribution in [0.1, 0.15) is 48.3 Å². The van der Waals surface area contributed by atoms with Gasteiger partial charge in [-0.05, 0) is 41.8 Å². The molecule has 1 aromatic heterocycles. The van der Waals surface area contributed by atoms with E-state index in [9.17, 15) is 4.79 Å². The van der Waals surface area contributed by atoms with Crippen molar-refractivity contribution in [1.82, 2.24) is 10.3 Å². The summed E-state index contributed by atoms with van der Waals surface area (Å²) in [5, 5.41) is 3.05. The van der Waals surface area contributed by atoms with Gasteiger partial charge in [0.15, 0.2) is 0 Å². The molecule has 2 heterocycles. The van der Waals surface area contributed by atoms with Crippen molar-refractivity contribution in [1.29, 1.82) is 0 Å². The van der Waals surface area contributed by atoms with Crippen LogP contribution in [0.15, 0.2) is 67.0 Å². The van der Waals surface area contributed by atoms with Gasteiger partial charge in [-0.1, -0.05) is 50.2 Å². The number of amides is 1. The fourth-order valence-corrected chi connectivity index (χ4v) is 3.10. The molecule has 0 bridgehead atoms. The van der Waals surface area contributed by atoms with E-state index in [1.807, 2.05) is 75.4 Å². The first-order valence-corrected chi connectivity index (χ1v) is 9.28. The molecule has 0 saturated carbocycles. The zero-order chi connectivity index (χ0) is 19.2. The maximum atomic E-state index is 12.6. The number of pyridine rings is 1. The number of aromatic nitrogens is 1. The molecule has 0 aliphatic carbocycles. The number of rotatable bonds is 3. The van der Waals surface area contributed by atoms with Crippen molar-refractivity contribution in [3.8, 4) is 16.9 Å². The van der Waals surface area contributed by atoms with E-state index in [2.05, 4.69) is 10.3 Å². The molecule has 3 aromatic rings. The van der Waals surface area contributed by atoms with Gasteiger partial charge in [-0.3, -0.25) is 9.78 Å². The molecule has 4 rings (SSSR count). The normalized spacial score (nSPS) is 12.4. The van der Waals surface area contributed by atoms with Gasteiger partial charge in [0.25, 0.3) is 5.91 Å². The van der Waals surface area contributed by atoms with Crippen molar-refractivity contribution in [2.45, 2.75) is 33.4 Å². The summed E-state index contributed by atoms with van der Waals surface area (Å²) in [4.78, 5) is 16.7. The third kappa shape index (κ3) is 4.00. The molecule has 1 aliphatic heterocycles. The summed E-state index contributed by atoms with van der Waals surface area (Å²) in [5.74, 6) is 0.699. The highest BCUT2D eigenvalue weighted by Gasteiger charge is 2.19.